The summed E-state index contributed by atoms with van der Waals surface area (Å²) in [6.07, 6.45) is 0. The van der Waals surface area contributed by atoms with E-state index in [4.69, 9.17) is 0 Å². The Kier molecular flexibility index (Phi) is 8.53. The summed E-state index contributed by atoms with van der Waals surface area (Å²) in [4.78, 5) is 1.79. The third-order valence-corrected chi connectivity index (χ3v) is 12.5. The molecular weight excluding hydrogens is 821 g/mol. The van der Waals surface area contributed by atoms with Crippen molar-refractivity contribution in [1.29, 1.82) is 0 Å². The van der Waals surface area contributed by atoms with Crippen molar-refractivity contribution in [2.45, 2.75) is 0 Å². The van der Waals surface area contributed by atoms with Crippen molar-refractivity contribution >= 4 is 38.9 Å². The molecule has 12 aromatic rings. The van der Waals surface area contributed by atoms with Crippen molar-refractivity contribution in [1.82, 2.24) is 4.57 Å². The van der Waals surface area contributed by atoms with Crippen molar-refractivity contribution in [3.05, 3.63) is 279 Å². The van der Waals surface area contributed by atoms with E-state index in [0.717, 1.165) is 72.0 Å². The van der Waals surface area contributed by atoms with Gasteiger partial charge in [-0.1, -0.05) is 200 Å². The highest BCUT2D eigenvalue weighted by molar-refractivity contribution is 6.16. The molecule has 12 rings (SSSR count). The van der Waals surface area contributed by atoms with Crippen LogP contribution in [0, 0.1) is 0 Å². The molecule has 11 aromatic carbocycles. The molecule has 0 saturated carbocycles. The molecule has 0 atom stereocenters. The number of para-hydroxylation sites is 2. The minimum absolute atomic E-state index is 0.0489. The average Bonchev–Trinajstić information content (AvgIpc) is 3.82. The number of nitrogens with zero attached hydrogens (tertiary/aromatic N) is 2. The predicted molar refractivity (Wildman–Crippen MR) is 288 cm³/mol. The molecule has 0 aliphatic rings. The summed E-state index contributed by atoms with van der Waals surface area (Å²) in [5, 5.41) is 1.59. The van der Waals surface area contributed by atoms with E-state index in [1.807, 2.05) is 212 Å². The molecule has 0 aliphatic carbocycles. The number of rotatable bonds is 10. The van der Waals surface area contributed by atoms with E-state index >= 15 is 0 Å². The fourth-order valence-electron chi connectivity index (χ4n) is 9.31. The summed E-state index contributed by atoms with van der Waals surface area (Å²) in [5.74, 6) is 0. The first-order valence-corrected chi connectivity index (χ1v) is 22.7. The quantitative estimate of drug-likeness (QED) is 0.133. The second-order valence-corrected chi connectivity index (χ2v) is 16.7. The van der Waals surface area contributed by atoms with Crippen LogP contribution in [0.4, 0.5) is 17.1 Å². The molecule has 1 aromatic heterocycles. The summed E-state index contributed by atoms with van der Waals surface area (Å²) in [6.45, 7) is 0. The van der Waals surface area contributed by atoms with E-state index in [9.17, 15) is 11.0 Å². The molecule has 0 aliphatic heterocycles. The van der Waals surface area contributed by atoms with E-state index in [-0.39, 0.29) is 34.5 Å². The topological polar surface area (TPSA) is 8.17 Å². The Bertz CT molecular complexity index is 3910. The molecule has 0 radical (unpaired) electrons. The van der Waals surface area contributed by atoms with Gasteiger partial charge in [0, 0.05) is 33.5 Å². The fourth-order valence-corrected chi connectivity index (χ4v) is 9.31. The molecule has 2 nitrogen and oxygen atoms in total. The van der Waals surface area contributed by atoms with Gasteiger partial charge in [0.2, 0.25) is 0 Å². The number of fused-ring (bicyclic) bond motifs is 3. The molecule has 0 unspecified atom stereocenters. The molecule has 1 heterocycles. The summed E-state index contributed by atoms with van der Waals surface area (Å²) in [5.41, 5.74) is 10.9. The maximum atomic E-state index is 10.1. The van der Waals surface area contributed by atoms with E-state index < -0.39 is 36.3 Å². The van der Waals surface area contributed by atoms with Gasteiger partial charge in [-0.2, -0.15) is 0 Å². The molecule has 0 fully saturated rings. The van der Waals surface area contributed by atoms with Crippen LogP contribution < -0.4 is 4.90 Å². The Balaban J connectivity index is 1.13. The van der Waals surface area contributed by atoms with Gasteiger partial charge in [0.1, 0.15) is 0 Å². The zero-order valence-corrected chi connectivity index (χ0v) is 36.8. The van der Waals surface area contributed by atoms with Gasteiger partial charge in [0.25, 0.3) is 0 Å². The van der Waals surface area contributed by atoms with E-state index in [0.29, 0.717) is 16.9 Å². The van der Waals surface area contributed by atoms with Crippen LogP contribution in [0.5, 0.6) is 0 Å². The van der Waals surface area contributed by atoms with Gasteiger partial charge in [0.15, 0.2) is 0 Å². The van der Waals surface area contributed by atoms with Crippen molar-refractivity contribution in [3.8, 4) is 72.4 Å². The van der Waals surface area contributed by atoms with Crippen LogP contribution in [-0.2, 0) is 0 Å². The Morgan fingerprint density at radius 2 is 0.750 bits per heavy atom. The lowest BCUT2D eigenvalue weighted by Crippen LogP contribution is -2.11. The first-order valence-electron chi connectivity index (χ1n) is 26.7. The van der Waals surface area contributed by atoms with Gasteiger partial charge in [-0.25, -0.2) is 0 Å². The number of aromatic nitrogens is 1. The first kappa shape index (κ1) is 32.6. The normalized spacial score (nSPS) is 12.9. The Morgan fingerprint density at radius 3 is 1.26 bits per heavy atom. The maximum absolute atomic E-state index is 10.1. The van der Waals surface area contributed by atoms with Crippen LogP contribution in [0.25, 0.3) is 94.3 Å². The monoisotopic (exact) mass is 874 g/mol. The van der Waals surface area contributed by atoms with Crippen LogP contribution in [0.1, 0.15) is 11.0 Å². The van der Waals surface area contributed by atoms with Gasteiger partial charge in [-0.15, -0.1) is 0 Å². The van der Waals surface area contributed by atoms with Crippen LogP contribution in [0.2, 0.25) is 0 Å². The fraction of sp³-hybridized carbons (Fsp3) is 0. The summed E-state index contributed by atoms with van der Waals surface area (Å²) in [7, 11) is 0. The van der Waals surface area contributed by atoms with E-state index in [2.05, 4.69) is 16.7 Å². The molecule has 2 heteroatoms. The Hall–Kier alpha value is -8.98. The summed E-state index contributed by atoms with van der Waals surface area (Å²) < 4.78 is 80.4. The molecule has 320 valence electrons. The molecule has 68 heavy (non-hydrogen) atoms. The van der Waals surface area contributed by atoms with Crippen molar-refractivity contribution < 1.29 is 11.0 Å². The molecular formula is C66H46N2. The highest BCUT2D eigenvalue weighted by Gasteiger charge is 2.20. The molecule has 0 amide bonds. The van der Waals surface area contributed by atoms with Gasteiger partial charge < -0.3 is 9.47 Å². The second kappa shape index (κ2) is 17.8. The lowest BCUT2D eigenvalue weighted by Gasteiger charge is -2.28. The van der Waals surface area contributed by atoms with Crippen LogP contribution in [-0.4, -0.2) is 4.57 Å². The smallest absolute Gasteiger partial charge is 0.0645 e. The van der Waals surface area contributed by atoms with Crippen molar-refractivity contribution in [3.63, 3.8) is 0 Å². The zero-order chi connectivity index (χ0) is 52.2. The van der Waals surface area contributed by atoms with Crippen LogP contribution in [0.15, 0.2) is 279 Å². The van der Waals surface area contributed by atoms with Crippen LogP contribution in [0.3, 0.4) is 0 Å². The lowest BCUT2D eigenvalue weighted by molar-refractivity contribution is 1.18. The number of anilines is 3. The van der Waals surface area contributed by atoms with Gasteiger partial charge >= 0.3 is 0 Å². The third kappa shape index (κ3) is 7.74. The Labute approximate surface area is 409 Å². The highest BCUT2D eigenvalue weighted by Crippen LogP contribution is 2.44. The molecule has 0 saturated heterocycles. The third-order valence-electron chi connectivity index (χ3n) is 12.5. The number of benzene rings is 11. The summed E-state index contributed by atoms with van der Waals surface area (Å²) >= 11 is 0. The lowest BCUT2D eigenvalue weighted by atomic mass is 9.95. The van der Waals surface area contributed by atoms with E-state index in [1.54, 1.807) is 11.0 Å². The SMILES string of the molecule is [2H]c1c([2H])c(-c2c([2H])c([2H])c(N(c3cc(-c4ccccc4)cc(-c4ccccc4)c3)c3cc(-c4ccccc4)cc(-c4ccccc4)c3)c([2H])c2[2H])c([2H])c(-c2cccc3c2c2ccccc2n3-c2ccccc2)c1[2H]. The van der Waals surface area contributed by atoms with Crippen LogP contribution >= 0.6 is 0 Å². The minimum Gasteiger partial charge on any atom is -0.310 e. The predicted octanol–water partition coefficient (Wildman–Crippen LogP) is 18.3. The largest absolute Gasteiger partial charge is 0.310 e. The average molecular weight is 875 g/mol. The van der Waals surface area contributed by atoms with E-state index in [1.165, 1.54) is 0 Å². The highest BCUT2D eigenvalue weighted by atomic mass is 15.1. The first-order chi connectivity index (χ1) is 37.1. The van der Waals surface area contributed by atoms with Gasteiger partial charge in [0.05, 0.1) is 22.0 Å². The van der Waals surface area contributed by atoms with Crippen molar-refractivity contribution in [2.24, 2.45) is 0 Å². The zero-order valence-electron chi connectivity index (χ0n) is 44.8. The maximum Gasteiger partial charge on any atom is 0.0645 e. The summed E-state index contributed by atoms with van der Waals surface area (Å²) in [6, 6.07) is 72.0. The van der Waals surface area contributed by atoms with Crippen molar-refractivity contribution in [2.75, 3.05) is 4.90 Å². The second-order valence-electron chi connectivity index (χ2n) is 16.7. The van der Waals surface area contributed by atoms with Gasteiger partial charge in [-0.05, 0) is 146 Å². The number of hydrogen-bond acceptors (Lipinski definition) is 1. The van der Waals surface area contributed by atoms with Gasteiger partial charge in [-0.3, -0.25) is 0 Å². The molecule has 0 spiro atoms. The molecule has 0 bridgehead atoms. The number of hydrogen-bond donors (Lipinski definition) is 0. The molecule has 0 N–H and O–H groups in total. The Morgan fingerprint density at radius 1 is 0.309 bits per heavy atom. The standard InChI is InChI=1S/C66H46N2/c1-6-20-47(21-7-1)54-41-55(48-22-8-2-9-23-48)44-60(43-54)67(61-45-56(49-24-10-3-11-25-49)42-57(46-61)50-26-12-4-13-27-50)59-38-36-51(37-39-59)52-28-18-29-53(40-52)62-33-19-35-65-66(62)63-32-16-17-34-64(63)68(65)58-30-14-5-15-31-58/h1-46H/i18D,28D,29D,36D,37D,38D,39D,40D. The minimum atomic E-state index is -0.533.